The van der Waals surface area contributed by atoms with Crippen molar-refractivity contribution in [3.63, 3.8) is 0 Å². The van der Waals surface area contributed by atoms with E-state index in [9.17, 15) is 0 Å². The summed E-state index contributed by atoms with van der Waals surface area (Å²) in [6, 6.07) is 4.87. The van der Waals surface area contributed by atoms with Crippen LogP contribution in [0.1, 0.15) is 32.8 Å². The molecule has 3 rings (SSSR count). The molecule has 0 amide bonds. The largest absolute Gasteiger partial charge is 0.379 e. The Bertz CT molecular complexity index is 616. The molecule has 2 saturated heterocycles. The van der Waals surface area contributed by atoms with Crippen molar-refractivity contribution in [3.8, 4) is 0 Å². The molecule has 8 heteroatoms. The molecule has 3 heterocycles. The van der Waals surface area contributed by atoms with E-state index >= 15 is 0 Å². The van der Waals surface area contributed by atoms with E-state index in [0.29, 0.717) is 12.6 Å². The third-order valence-electron chi connectivity index (χ3n) is 5.67. The smallest absolute Gasteiger partial charge is 0.194 e. The third kappa shape index (κ3) is 6.68. The van der Waals surface area contributed by atoms with E-state index in [1.807, 2.05) is 6.20 Å². The Morgan fingerprint density at radius 2 is 1.97 bits per heavy atom. The molecule has 1 unspecified atom stereocenters. The molecule has 0 spiro atoms. The van der Waals surface area contributed by atoms with Gasteiger partial charge in [-0.3, -0.25) is 4.90 Å². The first-order chi connectivity index (χ1) is 13.7. The van der Waals surface area contributed by atoms with E-state index in [-0.39, 0.29) is 24.0 Å². The van der Waals surface area contributed by atoms with Crippen molar-refractivity contribution in [2.24, 2.45) is 4.99 Å². The van der Waals surface area contributed by atoms with Crippen LogP contribution < -0.4 is 10.2 Å². The lowest BCUT2D eigenvalue weighted by Crippen LogP contribution is -2.46. The number of likely N-dealkylation sites (tertiary alicyclic amines) is 1. The fourth-order valence-corrected chi connectivity index (χ4v) is 4.01. The summed E-state index contributed by atoms with van der Waals surface area (Å²) in [5.41, 5.74) is 1.15. The van der Waals surface area contributed by atoms with Crippen LogP contribution in [0, 0.1) is 0 Å². The number of guanidine groups is 1. The Balaban J connectivity index is 0.00000300. The quantitative estimate of drug-likeness (QED) is 0.342. The first kappa shape index (κ1) is 24.1. The second kappa shape index (κ2) is 12.5. The molecule has 0 radical (unpaired) electrons. The molecule has 164 valence electrons. The molecule has 0 saturated carbocycles. The number of aromatic nitrogens is 1. The van der Waals surface area contributed by atoms with Gasteiger partial charge in [0.15, 0.2) is 5.96 Å². The maximum atomic E-state index is 5.50. The summed E-state index contributed by atoms with van der Waals surface area (Å²) >= 11 is 0. The number of hydrogen-bond donors (Lipinski definition) is 1. The Labute approximate surface area is 192 Å². The van der Waals surface area contributed by atoms with Crippen LogP contribution in [0.2, 0.25) is 0 Å². The van der Waals surface area contributed by atoms with Crippen LogP contribution in [0.25, 0.3) is 0 Å². The Kier molecular flexibility index (Phi) is 10.4. The van der Waals surface area contributed by atoms with Crippen LogP contribution in [0.5, 0.6) is 0 Å². The number of aliphatic imine (C=N–C) groups is 1. The minimum Gasteiger partial charge on any atom is -0.379 e. The summed E-state index contributed by atoms with van der Waals surface area (Å²) in [4.78, 5) is 16.7. The van der Waals surface area contributed by atoms with Gasteiger partial charge in [0.1, 0.15) is 5.82 Å². The summed E-state index contributed by atoms with van der Waals surface area (Å²) in [5.74, 6) is 2.06. The summed E-state index contributed by atoms with van der Waals surface area (Å²) in [5, 5.41) is 3.47. The molecule has 7 nitrogen and oxygen atoms in total. The van der Waals surface area contributed by atoms with Crippen LogP contribution in [0.4, 0.5) is 5.82 Å². The van der Waals surface area contributed by atoms with Crippen molar-refractivity contribution >= 4 is 35.8 Å². The van der Waals surface area contributed by atoms with Crippen LogP contribution in [0.3, 0.4) is 0 Å². The zero-order chi connectivity index (χ0) is 19.8. The Morgan fingerprint density at radius 3 is 2.59 bits per heavy atom. The maximum absolute atomic E-state index is 5.50. The predicted molar refractivity (Wildman–Crippen MR) is 130 cm³/mol. The number of nitrogens with zero attached hydrogens (tertiary/aromatic N) is 5. The van der Waals surface area contributed by atoms with Gasteiger partial charge >= 0.3 is 0 Å². The van der Waals surface area contributed by atoms with Gasteiger partial charge in [0.05, 0.1) is 19.8 Å². The average molecular weight is 516 g/mol. The van der Waals surface area contributed by atoms with Gasteiger partial charge in [0.2, 0.25) is 0 Å². The zero-order valence-corrected chi connectivity index (χ0v) is 20.5. The maximum Gasteiger partial charge on any atom is 0.194 e. The van der Waals surface area contributed by atoms with E-state index in [1.165, 1.54) is 6.42 Å². The van der Waals surface area contributed by atoms with E-state index in [0.717, 1.165) is 76.4 Å². The monoisotopic (exact) mass is 516 g/mol. The minimum atomic E-state index is 0. The number of anilines is 1. The SMILES string of the molecule is CCNC(=NCc1ccc(N(CC)CC)nc1)N1CCC(N2CCOCC2)C1.I. The van der Waals surface area contributed by atoms with Crippen LogP contribution in [0.15, 0.2) is 23.3 Å². The normalized spacial score (nSPS) is 20.4. The molecular weight excluding hydrogens is 479 g/mol. The average Bonchev–Trinajstić information content (AvgIpc) is 3.24. The first-order valence-electron chi connectivity index (χ1n) is 10.8. The predicted octanol–water partition coefficient (Wildman–Crippen LogP) is 2.42. The standard InChI is InChI=1S/C21H36N6O.HI/c1-4-22-21(27-10-9-19(17-27)26-11-13-28-14-12-26)24-16-18-7-8-20(23-15-18)25(5-2)6-3;/h7-8,15,19H,4-6,9-14,16-17H2,1-3H3,(H,22,24);1H. The van der Waals surface area contributed by atoms with Gasteiger partial charge in [-0.1, -0.05) is 6.07 Å². The van der Waals surface area contributed by atoms with Crippen molar-refractivity contribution in [1.29, 1.82) is 0 Å². The van der Waals surface area contributed by atoms with Crippen molar-refractivity contribution in [2.45, 2.75) is 39.8 Å². The lowest BCUT2D eigenvalue weighted by atomic mass is 10.2. The fourth-order valence-electron chi connectivity index (χ4n) is 4.01. The number of halogens is 1. The number of nitrogens with one attached hydrogen (secondary N) is 1. The number of hydrogen-bond acceptors (Lipinski definition) is 5. The molecule has 1 N–H and O–H groups in total. The van der Waals surface area contributed by atoms with Crippen LogP contribution >= 0.6 is 24.0 Å². The molecule has 2 aliphatic rings. The fraction of sp³-hybridized carbons (Fsp3) is 0.714. The number of pyridine rings is 1. The molecular formula is C21H37IN6O. The highest BCUT2D eigenvalue weighted by Crippen LogP contribution is 2.17. The lowest BCUT2D eigenvalue weighted by Gasteiger charge is -2.32. The van der Waals surface area contributed by atoms with Gasteiger partial charge < -0.3 is 19.9 Å². The van der Waals surface area contributed by atoms with Gasteiger partial charge in [-0.15, -0.1) is 24.0 Å². The second-order valence-electron chi connectivity index (χ2n) is 7.40. The molecule has 29 heavy (non-hydrogen) atoms. The summed E-state index contributed by atoms with van der Waals surface area (Å²) in [7, 11) is 0. The van der Waals surface area contributed by atoms with Crippen LogP contribution in [-0.2, 0) is 11.3 Å². The van der Waals surface area contributed by atoms with Crippen molar-refractivity contribution in [3.05, 3.63) is 23.9 Å². The highest BCUT2D eigenvalue weighted by Gasteiger charge is 2.30. The number of ether oxygens (including phenoxy) is 1. The Morgan fingerprint density at radius 1 is 1.21 bits per heavy atom. The van der Waals surface area contributed by atoms with Gasteiger partial charge in [0.25, 0.3) is 0 Å². The molecule has 1 atom stereocenters. The number of rotatable bonds is 7. The first-order valence-corrected chi connectivity index (χ1v) is 10.8. The van der Waals surface area contributed by atoms with Gasteiger partial charge in [-0.2, -0.15) is 0 Å². The van der Waals surface area contributed by atoms with Crippen molar-refractivity contribution in [1.82, 2.24) is 20.1 Å². The highest BCUT2D eigenvalue weighted by atomic mass is 127. The third-order valence-corrected chi connectivity index (χ3v) is 5.67. The van der Waals surface area contributed by atoms with Crippen LogP contribution in [-0.4, -0.2) is 85.8 Å². The minimum absolute atomic E-state index is 0. The highest BCUT2D eigenvalue weighted by molar-refractivity contribution is 14.0. The lowest BCUT2D eigenvalue weighted by molar-refractivity contribution is 0.0195. The van der Waals surface area contributed by atoms with E-state index in [1.54, 1.807) is 0 Å². The number of morpholine rings is 1. The van der Waals surface area contributed by atoms with Gasteiger partial charge in [-0.05, 0) is 38.8 Å². The Hall–Kier alpha value is -1.13. The summed E-state index contributed by atoms with van der Waals surface area (Å²) in [6.45, 7) is 15.9. The summed E-state index contributed by atoms with van der Waals surface area (Å²) < 4.78 is 5.50. The van der Waals surface area contributed by atoms with Crippen molar-refractivity contribution < 1.29 is 4.74 Å². The molecule has 0 aliphatic carbocycles. The molecule has 1 aromatic rings. The molecule has 2 aliphatic heterocycles. The molecule has 1 aromatic heterocycles. The van der Waals surface area contributed by atoms with Crippen molar-refractivity contribution in [2.75, 3.05) is 63.9 Å². The molecule has 0 bridgehead atoms. The van der Waals surface area contributed by atoms with Gasteiger partial charge in [-0.25, -0.2) is 9.98 Å². The van der Waals surface area contributed by atoms with E-state index < -0.39 is 0 Å². The zero-order valence-electron chi connectivity index (χ0n) is 18.1. The van der Waals surface area contributed by atoms with E-state index in [2.05, 4.69) is 57.9 Å². The second-order valence-corrected chi connectivity index (χ2v) is 7.40. The molecule has 2 fully saturated rings. The van der Waals surface area contributed by atoms with Gasteiger partial charge in [0, 0.05) is 58.1 Å². The topological polar surface area (TPSA) is 56.2 Å². The van der Waals surface area contributed by atoms with E-state index in [4.69, 9.17) is 9.73 Å². The molecule has 0 aromatic carbocycles. The summed E-state index contributed by atoms with van der Waals surface area (Å²) in [6.07, 6.45) is 3.16.